The van der Waals surface area contributed by atoms with Crippen molar-refractivity contribution in [2.75, 3.05) is 6.61 Å². The van der Waals surface area contributed by atoms with Crippen LogP contribution < -0.4 is 14.2 Å². The highest BCUT2D eigenvalue weighted by Gasteiger charge is 2.49. The second-order valence-electron chi connectivity index (χ2n) is 8.14. The van der Waals surface area contributed by atoms with Crippen molar-refractivity contribution in [1.29, 1.82) is 0 Å². The first-order valence-electron chi connectivity index (χ1n) is 11.2. The van der Waals surface area contributed by atoms with Gasteiger partial charge in [0.05, 0.1) is 17.7 Å². The molecule has 2 aliphatic rings. The maximum Gasteiger partial charge on any atom is 0.305 e. The maximum atomic E-state index is 13.7. The van der Waals surface area contributed by atoms with E-state index in [0.717, 1.165) is 11.1 Å². The second-order valence-corrected chi connectivity index (χ2v) is 8.14. The maximum absolute atomic E-state index is 13.7. The lowest BCUT2D eigenvalue weighted by Gasteiger charge is -2.28. The zero-order chi connectivity index (χ0) is 23.3. The molecule has 166 valence electrons. The van der Waals surface area contributed by atoms with Gasteiger partial charge in [-0.1, -0.05) is 84.9 Å². The highest BCUT2D eigenvalue weighted by Crippen LogP contribution is 2.54. The Kier molecular flexibility index (Phi) is 4.52. The summed E-state index contributed by atoms with van der Waals surface area (Å²) in [5.74, 6) is -0.955. The zero-order valence-corrected chi connectivity index (χ0v) is 18.4. The van der Waals surface area contributed by atoms with Crippen LogP contribution >= 0.6 is 0 Å². The van der Waals surface area contributed by atoms with E-state index in [1.807, 2.05) is 67.6 Å². The summed E-state index contributed by atoms with van der Waals surface area (Å²) < 4.78 is 18.9. The third-order valence-corrected chi connectivity index (χ3v) is 6.19. The standard InChI is InChI=1S/C29H20O5/c1-2-32-22-17-23-28(25-24(22)26(30)20-15-9-10-16-21(20)27(25)31)34-29(33-23,18-11-5-3-6-12-18)19-13-7-4-8-14-19/h3-17H,2H2,1H3. The Bertz CT molecular complexity index is 1400. The lowest BCUT2D eigenvalue weighted by molar-refractivity contribution is -0.0461. The van der Waals surface area contributed by atoms with Crippen molar-refractivity contribution in [3.63, 3.8) is 0 Å². The van der Waals surface area contributed by atoms with E-state index < -0.39 is 5.79 Å². The van der Waals surface area contributed by atoms with Crippen LogP contribution in [0.15, 0.2) is 91.0 Å². The smallest absolute Gasteiger partial charge is 0.305 e. The number of hydrogen-bond acceptors (Lipinski definition) is 5. The van der Waals surface area contributed by atoms with Crippen LogP contribution in [0.5, 0.6) is 17.2 Å². The third kappa shape index (κ3) is 2.80. The molecule has 1 aliphatic heterocycles. The van der Waals surface area contributed by atoms with Gasteiger partial charge >= 0.3 is 5.79 Å². The van der Waals surface area contributed by atoms with E-state index in [4.69, 9.17) is 14.2 Å². The Labute approximate surface area is 196 Å². The molecule has 4 aromatic rings. The summed E-state index contributed by atoms with van der Waals surface area (Å²) >= 11 is 0. The topological polar surface area (TPSA) is 61.8 Å². The van der Waals surface area contributed by atoms with Crippen molar-refractivity contribution in [3.05, 3.63) is 124 Å². The van der Waals surface area contributed by atoms with E-state index >= 15 is 0 Å². The summed E-state index contributed by atoms with van der Waals surface area (Å²) in [7, 11) is 0. The first-order chi connectivity index (χ1) is 16.6. The Hall–Kier alpha value is -4.38. The highest BCUT2D eigenvalue weighted by atomic mass is 16.7. The van der Waals surface area contributed by atoms with Gasteiger partial charge in [-0.2, -0.15) is 0 Å². The molecule has 0 N–H and O–H groups in total. The van der Waals surface area contributed by atoms with Crippen LogP contribution in [-0.4, -0.2) is 18.2 Å². The molecule has 34 heavy (non-hydrogen) atoms. The number of benzene rings is 4. The van der Waals surface area contributed by atoms with Crippen molar-refractivity contribution in [3.8, 4) is 17.2 Å². The van der Waals surface area contributed by atoms with Gasteiger partial charge in [0.25, 0.3) is 0 Å². The van der Waals surface area contributed by atoms with Gasteiger partial charge in [-0.15, -0.1) is 0 Å². The van der Waals surface area contributed by atoms with Crippen LogP contribution in [0.1, 0.15) is 49.9 Å². The van der Waals surface area contributed by atoms with Gasteiger partial charge in [0, 0.05) is 28.3 Å². The number of carbonyl (C=O) groups is 2. The first kappa shape index (κ1) is 20.2. The molecule has 5 nitrogen and oxygen atoms in total. The molecular formula is C29H20O5. The van der Waals surface area contributed by atoms with E-state index in [2.05, 4.69) is 0 Å². The van der Waals surface area contributed by atoms with Gasteiger partial charge in [0.2, 0.25) is 0 Å². The molecule has 4 aromatic carbocycles. The Morgan fingerprint density at radius 3 is 1.79 bits per heavy atom. The van der Waals surface area contributed by atoms with Crippen molar-refractivity contribution in [2.45, 2.75) is 12.7 Å². The fourth-order valence-electron chi connectivity index (χ4n) is 4.69. The molecule has 0 unspecified atom stereocenters. The van der Waals surface area contributed by atoms with Crippen LogP contribution in [0, 0.1) is 0 Å². The quantitative estimate of drug-likeness (QED) is 0.362. The van der Waals surface area contributed by atoms with Crippen LogP contribution in [0.2, 0.25) is 0 Å². The molecule has 0 radical (unpaired) electrons. The molecule has 5 heteroatoms. The number of carbonyl (C=O) groups excluding carboxylic acids is 2. The average Bonchev–Trinajstić information content (AvgIpc) is 3.28. The Balaban J connectivity index is 1.61. The molecule has 0 spiro atoms. The van der Waals surface area contributed by atoms with E-state index in [-0.39, 0.29) is 28.4 Å². The summed E-state index contributed by atoms with van der Waals surface area (Å²) in [4.78, 5) is 27.2. The largest absolute Gasteiger partial charge is 0.493 e. The molecule has 0 bridgehead atoms. The monoisotopic (exact) mass is 448 g/mol. The average molecular weight is 448 g/mol. The van der Waals surface area contributed by atoms with Crippen LogP contribution in [-0.2, 0) is 5.79 Å². The molecule has 0 atom stereocenters. The van der Waals surface area contributed by atoms with Gasteiger partial charge in [-0.25, -0.2) is 0 Å². The van der Waals surface area contributed by atoms with E-state index in [9.17, 15) is 9.59 Å². The Morgan fingerprint density at radius 2 is 1.24 bits per heavy atom. The minimum atomic E-state index is -1.32. The predicted octanol–water partition coefficient (Wildman–Crippen LogP) is 5.53. The highest BCUT2D eigenvalue weighted by molar-refractivity contribution is 6.30. The molecule has 0 fully saturated rings. The number of ether oxygens (including phenoxy) is 3. The number of fused-ring (bicyclic) bond motifs is 4. The summed E-state index contributed by atoms with van der Waals surface area (Å²) in [5.41, 5.74) is 2.62. The van der Waals surface area contributed by atoms with Crippen LogP contribution in [0.25, 0.3) is 0 Å². The van der Waals surface area contributed by atoms with Gasteiger partial charge < -0.3 is 14.2 Å². The van der Waals surface area contributed by atoms with Crippen molar-refractivity contribution >= 4 is 11.6 Å². The van der Waals surface area contributed by atoms with Crippen molar-refractivity contribution in [2.24, 2.45) is 0 Å². The molecule has 0 saturated carbocycles. The van der Waals surface area contributed by atoms with Gasteiger partial charge in [0.1, 0.15) is 5.75 Å². The minimum Gasteiger partial charge on any atom is -0.493 e. The van der Waals surface area contributed by atoms with E-state index in [1.54, 1.807) is 30.3 Å². The fraction of sp³-hybridized carbons (Fsp3) is 0.103. The summed E-state index contributed by atoms with van der Waals surface area (Å²) in [6.45, 7) is 2.16. The van der Waals surface area contributed by atoms with E-state index in [1.165, 1.54) is 0 Å². The van der Waals surface area contributed by atoms with Crippen LogP contribution in [0.3, 0.4) is 0 Å². The number of rotatable bonds is 4. The van der Waals surface area contributed by atoms with Gasteiger partial charge in [-0.3, -0.25) is 9.59 Å². The minimum absolute atomic E-state index is 0.179. The summed E-state index contributed by atoms with van der Waals surface area (Å²) in [5, 5.41) is 0. The fourth-order valence-corrected chi connectivity index (χ4v) is 4.69. The first-order valence-corrected chi connectivity index (χ1v) is 11.2. The Morgan fingerprint density at radius 1 is 0.706 bits per heavy atom. The number of hydrogen-bond donors (Lipinski definition) is 0. The lowest BCUT2D eigenvalue weighted by atomic mass is 9.83. The summed E-state index contributed by atoms with van der Waals surface area (Å²) in [6.07, 6.45) is 0. The molecule has 6 rings (SSSR count). The molecule has 1 heterocycles. The van der Waals surface area contributed by atoms with Gasteiger partial charge in [0.15, 0.2) is 23.1 Å². The molecule has 0 aromatic heterocycles. The predicted molar refractivity (Wildman–Crippen MR) is 126 cm³/mol. The number of ketones is 2. The third-order valence-electron chi connectivity index (χ3n) is 6.19. The second kappa shape index (κ2) is 7.59. The molecule has 1 aliphatic carbocycles. The lowest BCUT2D eigenvalue weighted by Crippen LogP contribution is -2.37. The van der Waals surface area contributed by atoms with Crippen molar-refractivity contribution in [1.82, 2.24) is 0 Å². The molecule has 0 saturated heterocycles. The zero-order valence-electron chi connectivity index (χ0n) is 18.4. The molecular weight excluding hydrogens is 428 g/mol. The SMILES string of the molecule is CCOc1cc2c(c3c1C(=O)c1ccccc1C3=O)OC(c1ccccc1)(c1ccccc1)O2. The van der Waals surface area contributed by atoms with Crippen molar-refractivity contribution < 1.29 is 23.8 Å². The molecule has 0 amide bonds. The van der Waals surface area contributed by atoms with E-state index in [0.29, 0.717) is 29.2 Å². The normalized spacial score (nSPS) is 15.0. The summed E-state index contributed by atoms with van der Waals surface area (Å²) in [6, 6.07) is 27.6. The van der Waals surface area contributed by atoms with Crippen LogP contribution in [0.4, 0.5) is 0 Å². The van der Waals surface area contributed by atoms with Gasteiger partial charge in [-0.05, 0) is 6.92 Å².